The minimum absolute atomic E-state index is 0.102. The van der Waals surface area contributed by atoms with Gasteiger partial charge in [-0.3, -0.25) is 4.79 Å². The average molecular weight is 191 g/mol. The van der Waals surface area contributed by atoms with E-state index in [1.165, 1.54) is 12.8 Å². The number of Topliss-reactive ketones (excluding diaryl/α,β-unsaturated/α-hetero) is 1. The largest absolute Gasteiger partial charge is 0.494 e. The van der Waals surface area contributed by atoms with E-state index in [0.717, 1.165) is 0 Å². The van der Waals surface area contributed by atoms with Gasteiger partial charge in [-0.1, -0.05) is 0 Å². The summed E-state index contributed by atoms with van der Waals surface area (Å²) < 4.78 is 5.09. The Labute approximate surface area is 83.1 Å². The van der Waals surface area contributed by atoms with Crippen molar-refractivity contribution in [3.8, 4) is 5.75 Å². The highest BCUT2D eigenvalue weighted by molar-refractivity contribution is 5.96. The number of pyridine rings is 1. The molecule has 0 N–H and O–H groups in total. The van der Waals surface area contributed by atoms with E-state index in [-0.39, 0.29) is 5.78 Å². The smallest absolute Gasteiger partial charge is 0.185 e. The van der Waals surface area contributed by atoms with Gasteiger partial charge >= 0.3 is 0 Å². The molecule has 0 aliphatic heterocycles. The van der Waals surface area contributed by atoms with Crippen LogP contribution in [0, 0.1) is 5.92 Å². The van der Waals surface area contributed by atoms with E-state index in [0.29, 0.717) is 23.8 Å². The predicted molar refractivity (Wildman–Crippen MR) is 52.5 cm³/mol. The Morgan fingerprint density at radius 1 is 1.64 bits per heavy atom. The third-order valence-corrected chi connectivity index (χ3v) is 2.43. The summed E-state index contributed by atoms with van der Waals surface area (Å²) in [5.41, 5.74) is 0.474. The molecule has 2 rings (SSSR count). The Kier molecular flexibility index (Phi) is 2.48. The maximum atomic E-state index is 11.7. The highest BCUT2D eigenvalue weighted by Gasteiger charge is 2.26. The van der Waals surface area contributed by atoms with Gasteiger partial charge in [-0.2, -0.15) is 0 Å². The quantitative estimate of drug-likeness (QED) is 0.684. The van der Waals surface area contributed by atoms with Crippen molar-refractivity contribution in [2.45, 2.75) is 19.3 Å². The summed E-state index contributed by atoms with van der Waals surface area (Å²) in [6, 6.07) is 3.54. The number of rotatable bonds is 4. The van der Waals surface area contributed by atoms with E-state index in [4.69, 9.17) is 4.74 Å². The highest BCUT2D eigenvalue weighted by Crippen LogP contribution is 2.34. The Balaban J connectivity index is 2.16. The van der Waals surface area contributed by atoms with Crippen LogP contribution in [0.4, 0.5) is 0 Å². The molecule has 3 heteroatoms. The van der Waals surface area contributed by atoms with Crippen LogP contribution in [-0.2, 0) is 0 Å². The Bertz CT molecular complexity index is 345. The first-order valence-electron chi connectivity index (χ1n) is 4.83. The zero-order valence-corrected chi connectivity index (χ0v) is 8.19. The molecular weight excluding hydrogens is 178 g/mol. The van der Waals surface area contributed by atoms with Gasteiger partial charge in [0.05, 0.1) is 7.11 Å². The number of methoxy groups -OCH3 is 1. The van der Waals surface area contributed by atoms with Crippen LogP contribution in [-0.4, -0.2) is 17.9 Å². The van der Waals surface area contributed by atoms with E-state index in [2.05, 4.69) is 4.98 Å². The second kappa shape index (κ2) is 3.78. The lowest BCUT2D eigenvalue weighted by atomic mass is 10.1. The van der Waals surface area contributed by atoms with Gasteiger partial charge in [0.25, 0.3) is 0 Å². The molecule has 0 spiro atoms. The maximum Gasteiger partial charge on any atom is 0.185 e. The molecule has 1 aromatic heterocycles. The minimum atomic E-state index is 0.102. The van der Waals surface area contributed by atoms with Crippen molar-refractivity contribution in [1.29, 1.82) is 0 Å². The fourth-order valence-electron chi connectivity index (χ4n) is 1.45. The minimum Gasteiger partial charge on any atom is -0.494 e. The lowest BCUT2D eigenvalue weighted by Crippen LogP contribution is -2.05. The molecule has 0 atom stereocenters. The monoisotopic (exact) mass is 191 g/mol. The molecule has 0 radical (unpaired) electrons. The van der Waals surface area contributed by atoms with Gasteiger partial charge in [-0.05, 0) is 30.9 Å². The summed E-state index contributed by atoms with van der Waals surface area (Å²) in [5.74, 6) is 1.28. The van der Waals surface area contributed by atoms with E-state index < -0.39 is 0 Å². The molecule has 74 valence electrons. The molecule has 1 fully saturated rings. The SMILES string of the molecule is COc1cccnc1C(=O)CC1CC1. The first kappa shape index (κ1) is 9.19. The number of carbonyl (C=O) groups is 1. The second-order valence-electron chi connectivity index (χ2n) is 3.62. The van der Waals surface area contributed by atoms with Crippen molar-refractivity contribution < 1.29 is 9.53 Å². The molecule has 0 saturated heterocycles. The zero-order valence-electron chi connectivity index (χ0n) is 8.19. The number of ether oxygens (including phenoxy) is 1. The van der Waals surface area contributed by atoms with E-state index in [9.17, 15) is 4.79 Å². The molecule has 1 saturated carbocycles. The first-order chi connectivity index (χ1) is 6.81. The first-order valence-corrected chi connectivity index (χ1v) is 4.83. The number of aromatic nitrogens is 1. The third kappa shape index (κ3) is 1.92. The van der Waals surface area contributed by atoms with Gasteiger partial charge < -0.3 is 4.74 Å². The van der Waals surface area contributed by atoms with Gasteiger partial charge in [-0.25, -0.2) is 4.98 Å². The molecule has 0 amide bonds. The van der Waals surface area contributed by atoms with Crippen LogP contribution in [0.5, 0.6) is 5.75 Å². The number of nitrogens with zero attached hydrogens (tertiary/aromatic N) is 1. The molecule has 1 aromatic rings. The van der Waals surface area contributed by atoms with E-state index in [1.807, 2.05) is 0 Å². The molecule has 0 unspecified atom stereocenters. The van der Waals surface area contributed by atoms with E-state index in [1.54, 1.807) is 25.4 Å². The molecule has 3 nitrogen and oxygen atoms in total. The van der Waals surface area contributed by atoms with Crippen LogP contribution in [0.15, 0.2) is 18.3 Å². The van der Waals surface area contributed by atoms with Crippen LogP contribution in [0.2, 0.25) is 0 Å². The third-order valence-electron chi connectivity index (χ3n) is 2.43. The highest BCUT2D eigenvalue weighted by atomic mass is 16.5. The van der Waals surface area contributed by atoms with Crippen LogP contribution < -0.4 is 4.74 Å². The summed E-state index contributed by atoms with van der Waals surface area (Å²) in [4.78, 5) is 15.8. The molecular formula is C11H13NO2. The summed E-state index contributed by atoms with van der Waals surface area (Å²) in [7, 11) is 1.56. The summed E-state index contributed by atoms with van der Waals surface area (Å²) in [5, 5.41) is 0. The van der Waals surface area contributed by atoms with Crippen molar-refractivity contribution >= 4 is 5.78 Å². The number of hydrogen-bond donors (Lipinski definition) is 0. The fraction of sp³-hybridized carbons (Fsp3) is 0.455. The summed E-state index contributed by atoms with van der Waals surface area (Å²) in [6.45, 7) is 0. The van der Waals surface area contributed by atoms with Crippen molar-refractivity contribution in [3.63, 3.8) is 0 Å². The van der Waals surface area contributed by atoms with E-state index >= 15 is 0 Å². The van der Waals surface area contributed by atoms with Crippen molar-refractivity contribution in [3.05, 3.63) is 24.0 Å². The molecule has 1 aliphatic rings. The molecule has 14 heavy (non-hydrogen) atoms. The molecule has 1 aliphatic carbocycles. The number of carbonyl (C=O) groups excluding carboxylic acids is 1. The zero-order chi connectivity index (χ0) is 9.97. The van der Waals surface area contributed by atoms with Gasteiger partial charge in [-0.15, -0.1) is 0 Å². The lowest BCUT2D eigenvalue weighted by Gasteiger charge is -2.04. The Hall–Kier alpha value is -1.38. The standard InChI is InChI=1S/C11H13NO2/c1-14-10-3-2-6-12-11(10)9(13)7-8-4-5-8/h2-3,6,8H,4-5,7H2,1H3. The molecule has 0 bridgehead atoms. The summed E-state index contributed by atoms with van der Waals surface area (Å²) in [6.07, 6.45) is 4.61. The Morgan fingerprint density at radius 3 is 3.07 bits per heavy atom. The van der Waals surface area contributed by atoms with Crippen LogP contribution in [0.3, 0.4) is 0 Å². The Morgan fingerprint density at radius 2 is 2.43 bits per heavy atom. The van der Waals surface area contributed by atoms with Gasteiger partial charge in [0.15, 0.2) is 5.78 Å². The van der Waals surface area contributed by atoms with Crippen molar-refractivity contribution in [2.75, 3.05) is 7.11 Å². The van der Waals surface area contributed by atoms with Gasteiger partial charge in [0.2, 0.25) is 0 Å². The number of ketones is 1. The number of hydrogen-bond acceptors (Lipinski definition) is 3. The van der Waals surface area contributed by atoms with Gasteiger partial charge in [0.1, 0.15) is 11.4 Å². The fourth-order valence-corrected chi connectivity index (χ4v) is 1.45. The predicted octanol–water partition coefficient (Wildman–Crippen LogP) is 2.07. The van der Waals surface area contributed by atoms with Crippen LogP contribution in [0.1, 0.15) is 29.8 Å². The average Bonchev–Trinajstić information content (AvgIpc) is 3.01. The lowest BCUT2D eigenvalue weighted by molar-refractivity contribution is 0.0968. The van der Waals surface area contributed by atoms with Crippen LogP contribution in [0.25, 0.3) is 0 Å². The topological polar surface area (TPSA) is 39.2 Å². The second-order valence-corrected chi connectivity index (χ2v) is 3.62. The van der Waals surface area contributed by atoms with Crippen molar-refractivity contribution in [2.24, 2.45) is 5.92 Å². The van der Waals surface area contributed by atoms with Crippen LogP contribution >= 0.6 is 0 Å². The maximum absolute atomic E-state index is 11.7. The van der Waals surface area contributed by atoms with Gasteiger partial charge in [0, 0.05) is 12.6 Å². The molecule has 0 aromatic carbocycles. The summed E-state index contributed by atoms with van der Waals surface area (Å²) >= 11 is 0. The molecule has 1 heterocycles. The van der Waals surface area contributed by atoms with Crippen molar-refractivity contribution in [1.82, 2.24) is 4.98 Å². The normalized spacial score (nSPS) is 15.2.